The smallest absolute Gasteiger partial charge is 0.0210 e. The monoisotopic (exact) mass is 540 g/mol. The van der Waals surface area contributed by atoms with Crippen LogP contribution in [-0.2, 0) is 10.8 Å². The third kappa shape index (κ3) is 5.43. The van der Waals surface area contributed by atoms with Gasteiger partial charge in [-0.25, -0.2) is 0 Å². The summed E-state index contributed by atoms with van der Waals surface area (Å²) >= 11 is 0. The molecule has 0 radical (unpaired) electrons. The maximum absolute atomic E-state index is 2.46. The quantitative estimate of drug-likeness (QED) is 0.236. The standard InChI is InChI=1S/C41H48/c1-31-27-39(4,5)30-41(28-31,35-15-10-7-11-16-35)37-23-19-33(20-24-37)32-17-21-36(22-18-32)40(34-13-8-6-9-14-34)26-12-25-38(2,3)29-40/h6-11,13-24,31H,12,25-30H2,1-5H3. The van der Waals surface area contributed by atoms with Crippen molar-refractivity contribution < 1.29 is 0 Å². The fourth-order valence-electron chi connectivity index (χ4n) is 9.18. The average Bonchev–Trinajstić information content (AvgIpc) is 2.96. The Morgan fingerprint density at radius 2 is 0.902 bits per heavy atom. The van der Waals surface area contributed by atoms with Gasteiger partial charge in [-0.15, -0.1) is 0 Å². The Labute approximate surface area is 249 Å². The van der Waals surface area contributed by atoms with Gasteiger partial charge in [0.05, 0.1) is 0 Å². The van der Waals surface area contributed by atoms with E-state index in [2.05, 4.69) is 144 Å². The highest BCUT2D eigenvalue weighted by molar-refractivity contribution is 5.65. The van der Waals surface area contributed by atoms with Crippen LogP contribution in [0, 0.1) is 16.7 Å². The van der Waals surface area contributed by atoms with E-state index in [-0.39, 0.29) is 10.8 Å². The maximum Gasteiger partial charge on any atom is 0.0210 e. The topological polar surface area (TPSA) is 0 Å². The molecule has 0 amide bonds. The molecule has 0 nitrogen and oxygen atoms in total. The third-order valence-corrected chi connectivity index (χ3v) is 10.5. The lowest BCUT2D eigenvalue weighted by Gasteiger charge is -2.48. The van der Waals surface area contributed by atoms with Gasteiger partial charge in [-0.05, 0) is 88.7 Å². The molecular weight excluding hydrogens is 492 g/mol. The van der Waals surface area contributed by atoms with E-state index in [1.54, 1.807) is 0 Å². The first-order valence-corrected chi connectivity index (χ1v) is 15.9. The predicted octanol–water partition coefficient (Wildman–Crippen LogP) is 11.4. The molecule has 3 unspecified atom stereocenters. The van der Waals surface area contributed by atoms with Gasteiger partial charge in [0.2, 0.25) is 0 Å². The van der Waals surface area contributed by atoms with Crippen molar-refractivity contribution in [2.45, 2.75) is 90.4 Å². The predicted molar refractivity (Wildman–Crippen MR) is 175 cm³/mol. The lowest BCUT2D eigenvalue weighted by atomic mass is 9.55. The lowest BCUT2D eigenvalue weighted by molar-refractivity contribution is 0.127. The van der Waals surface area contributed by atoms with Crippen LogP contribution in [0.5, 0.6) is 0 Å². The van der Waals surface area contributed by atoms with Gasteiger partial charge in [-0.1, -0.05) is 150 Å². The highest BCUT2D eigenvalue weighted by Gasteiger charge is 2.45. The van der Waals surface area contributed by atoms with Crippen molar-refractivity contribution in [3.05, 3.63) is 131 Å². The van der Waals surface area contributed by atoms with E-state index in [4.69, 9.17) is 0 Å². The maximum atomic E-state index is 2.46. The zero-order chi connectivity index (χ0) is 28.7. The van der Waals surface area contributed by atoms with Gasteiger partial charge in [0.15, 0.2) is 0 Å². The number of hydrogen-bond acceptors (Lipinski definition) is 0. The minimum atomic E-state index is 0.0701. The molecule has 4 aromatic carbocycles. The van der Waals surface area contributed by atoms with Crippen molar-refractivity contribution in [1.29, 1.82) is 0 Å². The van der Waals surface area contributed by atoms with Crippen LogP contribution in [0.2, 0.25) is 0 Å². The zero-order valence-electron chi connectivity index (χ0n) is 25.9. The van der Waals surface area contributed by atoms with Crippen molar-refractivity contribution in [3.8, 4) is 11.1 Å². The van der Waals surface area contributed by atoms with Gasteiger partial charge in [0.1, 0.15) is 0 Å². The van der Waals surface area contributed by atoms with Crippen LogP contribution in [0.3, 0.4) is 0 Å². The van der Waals surface area contributed by atoms with E-state index < -0.39 is 0 Å². The average molecular weight is 541 g/mol. The SMILES string of the molecule is CC1CC(C)(C)CC(c2ccccc2)(c2ccc(-c3ccc(C4(c5ccccc5)CCCC(C)(C)C4)cc3)cc2)C1. The summed E-state index contributed by atoms with van der Waals surface area (Å²) in [5.74, 6) is 0.702. The van der Waals surface area contributed by atoms with Crippen molar-refractivity contribution >= 4 is 0 Å². The first-order chi connectivity index (χ1) is 19.6. The van der Waals surface area contributed by atoms with E-state index in [1.165, 1.54) is 78.3 Å². The highest BCUT2D eigenvalue weighted by Crippen LogP contribution is 2.54. The molecule has 2 aliphatic carbocycles. The van der Waals surface area contributed by atoms with Crippen LogP contribution in [-0.4, -0.2) is 0 Å². The molecule has 0 aromatic heterocycles. The van der Waals surface area contributed by atoms with Crippen LogP contribution >= 0.6 is 0 Å². The summed E-state index contributed by atoms with van der Waals surface area (Å²) in [6.45, 7) is 12.3. The molecule has 6 rings (SSSR count). The number of rotatable bonds is 5. The van der Waals surface area contributed by atoms with Crippen LogP contribution < -0.4 is 0 Å². The van der Waals surface area contributed by atoms with E-state index in [1.807, 2.05) is 0 Å². The van der Waals surface area contributed by atoms with Gasteiger partial charge < -0.3 is 0 Å². The molecule has 0 saturated heterocycles. The second-order valence-corrected chi connectivity index (χ2v) is 15.1. The Bertz CT molecular complexity index is 1440. The lowest BCUT2D eigenvalue weighted by Crippen LogP contribution is -2.41. The van der Waals surface area contributed by atoms with E-state index in [0.29, 0.717) is 16.7 Å². The fraction of sp³-hybridized carbons (Fsp3) is 0.415. The molecule has 2 fully saturated rings. The molecule has 0 heterocycles. The van der Waals surface area contributed by atoms with Gasteiger partial charge in [0.25, 0.3) is 0 Å². The van der Waals surface area contributed by atoms with E-state index in [9.17, 15) is 0 Å². The molecule has 0 N–H and O–H groups in total. The van der Waals surface area contributed by atoms with Gasteiger partial charge in [-0.2, -0.15) is 0 Å². The summed E-state index contributed by atoms with van der Waals surface area (Å²) < 4.78 is 0. The number of benzene rings is 4. The molecular formula is C41H48. The normalized spacial score (nSPS) is 27.3. The minimum absolute atomic E-state index is 0.0701. The van der Waals surface area contributed by atoms with Gasteiger partial charge in [0, 0.05) is 10.8 Å². The van der Waals surface area contributed by atoms with Crippen LogP contribution in [0.4, 0.5) is 0 Å². The van der Waals surface area contributed by atoms with Gasteiger partial charge in [-0.3, -0.25) is 0 Å². The van der Waals surface area contributed by atoms with Crippen molar-refractivity contribution in [2.75, 3.05) is 0 Å². The molecule has 0 bridgehead atoms. The minimum Gasteiger partial charge on any atom is -0.0624 e. The Hall–Kier alpha value is -3.12. The van der Waals surface area contributed by atoms with Gasteiger partial charge >= 0.3 is 0 Å². The Morgan fingerprint density at radius 1 is 0.463 bits per heavy atom. The second-order valence-electron chi connectivity index (χ2n) is 15.1. The van der Waals surface area contributed by atoms with Crippen LogP contribution in [0.25, 0.3) is 11.1 Å². The van der Waals surface area contributed by atoms with Crippen molar-refractivity contribution in [2.24, 2.45) is 16.7 Å². The Morgan fingerprint density at radius 3 is 1.39 bits per heavy atom. The first-order valence-electron chi connectivity index (χ1n) is 15.9. The molecule has 2 saturated carbocycles. The second kappa shape index (κ2) is 10.6. The van der Waals surface area contributed by atoms with Crippen molar-refractivity contribution in [3.63, 3.8) is 0 Å². The zero-order valence-corrected chi connectivity index (χ0v) is 25.9. The molecule has 3 atom stereocenters. The summed E-state index contributed by atoms with van der Waals surface area (Å²) in [5, 5.41) is 0. The Kier molecular flexibility index (Phi) is 7.25. The fourth-order valence-corrected chi connectivity index (χ4v) is 9.18. The van der Waals surface area contributed by atoms with Crippen molar-refractivity contribution in [1.82, 2.24) is 0 Å². The van der Waals surface area contributed by atoms with Crippen LogP contribution in [0.15, 0.2) is 109 Å². The van der Waals surface area contributed by atoms with E-state index >= 15 is 0 Å². The molecule has 0 spiro atoms. The number of hydrogen-bond donors (Lipinski definition) is 0. The largest absolute Gasteiger partial charge is 0.0624 e. The third-order valence-electron chi connectivity index (χ3n) is 10.5. The Balaban J connectivity index is 1.34. The molecule has 0 aliphatic heterocycles. The first kappa shape index (κ1) is 28.0. The molecule has 0 heteroatoms. The molecule has 4 aromatic rings. The molecule has 2 aliphatic rings. The summed E-state index contributed by atoms with van der Waals surface area (Å²) in [5.41, 5.74) is 9.34. The summed E-state index contributed by atoms with van der Waals surface area (Å²) in [6.07, 6.45) is 8.73. The highest BCUT2D eigenvalue weighted by atomic mass is 14.5. The summed E-state index contributed by atoms with van der Waals surface area (Å²) in [6, 6.07) is 41.8. The summed E-state index contributed by atoms with van der Waals surface area (Å²) in [7, 11) is 0. The summed E-state index contributed by atoms with van der Waals surface area (Å²) in [4.78, 5) is 0. The van der Waals surface area contributed by atoms with Crippen LogP contribution in [0.1, 0.15) is 102 Å². The van der Waals surface area contributed by atoms with E-state index in [0.717, 1.165) is 0 Å². The molecule has 41 heavy (non-hydrogen) atoms. The molecule has 212 valence electrons.